The molecular formula is C36H25BN2. The molecule has 182 valence electrons. The van der Waals surface area contributed by atoms with Gasteiger partial charge >= 0.3 is 0 Å². The van der Waals surface area contributed by atoms with Crippen molar-refractivity contribution in [3.8, 4) is 5.69 Å². The van der Waals surface area contributed by atoms with E-state index in [9.17, 15) is 0 Å². The van der Waals surface area contributed by atoms with E-state index in [2.05, 4.69) is 161 Å². The van der Waals surface area contributed by atoms with Crippen LogP contribution in [-0.4, -0.2) is 11.3 Å². The SMILES string of the molecule is c1ccc(B2c3c(N(c4ccccc4)c4ccccc4)cccc3-n3c4ccccc4c4cccc2c43)cc1. The van der Waals surface area contributed by atoms with Crippen molar-refractivity contribution in [1.29, 1.82) is 0 Å². The fourth-order valence-electron chi connectivity index (χ4n) is 6.48. The van der Waals surface area contributed by atoms with Gasteiger partial charge in [-0.3, -0.25) is 0 Å². The van der Waals surface area contributed by atoms with Crippen molar-refractivity contribution in [2.75, 3.05) is 4.90 Å². The average molecular weight is 496 g/mol. The summed E-state index contributed by atoms with van der Waals surface area (Å²) in [6.07, 6.45) is 0. The molecule has 0 spiro atoms. The van der Waals surface area contributed by atoms with Crippen molar-refractivity contribution < 1.29 is 0 Å². The lowest BCUT2D eigenvalue weighted by Crippen LogP contribution is -2.56. The number of hydrogen-bond acceptors (Lipinski definition) is 1. The van der Waals surface area contributed by atoms with Crippen molar-refractivity contribution in [3.05, 3.63) is 152 Å². The second kappa shape index (κ2) is 8.78. The first-order valence-electron chi connectivity index (χ1n) is 13.5. The molecule has 8 rings (SSSR count). The van der Waals surface area contributed by atoms with E-state index in [-0.39, 0.29) is 6.71 Å². The molecular weight excluding hydrogens is 471 g/mol. The van der Waals surface area contributed by atoms with E-state index < -0.39 is 0 Å². The summed E-state index contributed by atoms with van der Waals surface area (Å²) < 4.78 is 2.49. The zero-order valence-corrected chi connectivity index (χ0v) is 21.4. The van der Waals surface area contributed by atoms with E-state index in [0.717, 1.165) is 11.4 Å². The van der Waals surface area contributed by atoms with Crippen LogP contribution in [0.1, 0.15) is 0 Å². The third kappa shape index (κ3) is 3.30. The monoisotopic (exact) mass is 496 g/mol. The van der Waals surface area contributed by atoms with Gasteiger partial charge in [0.25, 0.3) is 0 Å². The molecule has 0 amide bonds. The summed E-state index contributed by atoms with van der Waals surface area (Å²) in [5.41, 5.74) is 11.2. The summed E-state index contributed by atoms with van der Waals surface area (Å²) in [6, 6.07) is 54.8. The van der Waals surface area contributed by atoms with Gasteiger partial charge in [0.1, 0.15) is 0 Å². The van der Waals surface area contributed by atoms with Gasteiger partial charge in [0.05, 0.1) is 5.52 Å². The summed E-state index contributed by atoms with van der Waals surface area (Å²) >= 11 is 0. The Kier molecular flexibility index (Phi) is 4.96. The predicted molar refractivity (Wildman–Crippen MR) is 167 cm³/mol. The van der Waals surface area contributed by atoms with E-state index in [4.69, 9.17) is 0 Å². The van der Waals surface area contributed by atoms with Crippen LogP contribution in [0.2, 0.25) is 0 Å². The van der Waals surface area contributed by atoms with Crippen LogP contribution >= 0.6 is 0 Å². The van der Waals surface area contributed by atoms with Crippen LogP contribution in [0, 0.1) is 0 Å². The second-order valence-corrected chi connectivity index (χ2v) is 10.2. The number of para-hydroxylation sites is 4. The number of aromatic nitrogens is 1. The molecule has 1 aromatic heterocycles. The molecule has 39 heavy (non-hydrogen) atoms. The molecule has 0 N–H and O–H groups in total. The minimum absolute atomic E-state index is 0.0906. The lowest BCUT2D eigenvalue weighted by molar-refractivity contribution is 1.18. The zero-order chi connectivity index (χ0) is 25.8. The first-order chi connectivity index (χ1) is 19.4. The first kappa shape index (κ1) is 22.0. The third-order valence-electron chi connectivity index (χ3n) is 8.03. The molecule has 0 saturated carbocycles. The highest BCUT2D eigenvalue weighted by Gasteiger charge is 2.36. The van der Waals surface area contributed by atoms with Crippen LogP contribution in [0.25, 0.3) is 27.5 Å². The van der Waals surface area contributed by atoms with Crippen molar-refractivity contribution in [1.82, 2.24) is 4.57 Å². The van der Waals surface area contributed by atoms with E-state index in [1.165, 1.54) is 49.6 Å². The summed E-state index contributed by atoms with van der Waals surface area (Å²) in [5.74, 6) is 0. The lowest BCUT2D eigenvalue weighted by atomic mass is 9.35. The third-order valence-corrected chi connectivity index (χ3v) is 8.03. The average Bonchev–Trinajstić information content (AvgIpc) is 3.35. The van der Waals surface area contributed by atoms with Crippen LogP contribution in [0.3, 0.4) is 0 Å². The molecule has 0 saturated heterocycles. The molecule has 1 aliphatic heterocycles. The Labute approximate surface area is 228 Å². The Morgan fingerprint density at radius 3 is 1.79 bits per heavy atom. The fraction of sp³-hybridized carbons (Fsp3) is 0. The van der Waals surface area contributed by atoms with Gasteiger partial charge in [-0.1, -0.05) is 115 Å². The number of benzene rings is 6. The van der Waals surface area contributed by atoms with Gasteiger partial charge in [0.2, 0.25) is 6.71 Å². The van der Waals surface area contributed by atoms with Gasteiger partial charge in [0.15, 0.2) is 0 Å². The van der Waals surface area contributed by atoms with Crippen molar-refractivity contribution in [2.24, 2.45) is 0 Å². The van der Waals surface area contributed by atoms with Crippen LogP contribution < -0.4 is 21.3 Å². The van der Waals surface area contributed by atoms with Gasteiger partial charge in [-0.15, -0.1) is 0 Å². The first-order valence-corrected chi connectivity index (χ1v) is 13.5. The van der Waals surface area contributed by atoms with Crippen molar-refractivity contribution in [2.45, 2.75) is 0 Å². The molecule has 6 aromatic carbocycles. The molecule has 3 heteroatoms. The molecule has 0 atom stereocenters. The quantitative estimate of drug-likeness (QED) is 0.236. The largest absolute Gasteiger partial charge is 0.311 e. The van der Waals surface area contributed by atoms with E-state index in [1.807, 2.05) is 0 Å². The number of nitrogens with zero attached hydrogens (tertiary/aromatic N) is 2. The maximum absolute atomic E-state index is 2.49. The molecule has 0 fully saturated rings. The normalized spacial score (nSPS) is 12.1. The number of hydrogen-bond donors (Lipinski definition) is 0. The molecule has 0 radical (unpaired) electrons. The number of fused-ring (bicyclic) bond motifs is 5. The highest BCUT2D eigenvalue weighted by Crippen LogP contribution is 2.38. The lowest BCUT2D eigenvalue weighted by Gasteiger charge is -2.34. The van der Waals surface area contributed by atoms with Crippen LogP contribution in [-0.2, 0) is 0 Å². The minimum atomic E-state index is 0.0906. The highest BCUT2D eigenvalue weighted by atomic mass is 15.1. The second-order valence-electron chi connectivity index (χ2n) is 10.2. The van der Waals surface area contributed by atoms with Crippen LogP contribution in [0.5, 0.6) is 0 Å². The molecule has 0 aliphatic carbocycles. The van der Waals surface area contributed by atoms with Crippen molar-refractivity contribution >= 4 is 62.0 Å². The standard InChI is InChI=1S/C36H25BN2/c1-4-14-26(15-5-1)37-31-22-12-21-30-29-20-10-11-23-32(29)39(36(30)31)34-25-13-24-33(35(34)37)38(27-16-6-2-7-17-27)28-18-8-3-9-19-28/h1-25H. The van der Waals surface area contributed by atoms with Gasteiger partial charge in [-0.05, 0) is 53.4 Å². The highest BCUT2D eigenvalue weighted by molar-refractivity contribution is 6.98. The molecule has 1 aliphatic rings. The summed E-state index contributed by atoms with van der Waals surface area (Å²) in [6.45, 7) is 0.0906. The molecule has 2 heterocycles. The van der Waals surface area contributed by atoms with E-state index >= 15 is 0 Å². The molecule has 2 nitrogen and oxygen atoms in total. The maximum Gasteiger partial charge on any atom is 0.249 e. The van der Waals surface area contributed by atoms with Gasteiger partial charge in [0, 0.05) is 39.0 Å². The van der Waals surface area contributed by atoms with Gasteiger partial charge in [-0.2, -0.15) is 0 Å². The zero-order valence-electron chi connectivity index (χ0n) is 21.4. The Hall–Kier alpha value is -5.02. The molecule has 7 aromatic rings. The number of anilines is 3. The summed E-state index contributed by atoms with van der Waals surface area (Å²) in [4.78, 5) is 2.41. The smallest absolute Gasteiger partial charge is 0.249 e. The number of rotatable bonds is 4. The van der Waals surface area contributed by atoms with Crippen molar-refractivity contribution in [3.63, 3.8) is 0 Å². The topological polar surface area (TPSA) is 8.17 Å². The fourth-order valence-corrected chi connectivity index (χ4v) is 6.48. The Morgan fingerprint density at radius 2 is 1.08 bits per heavy atom. The predicted octanol–water partition coefficient (Wildman–Crippen LogP) is 7.08. The summed E-state index contributed by atoms with van der Waals surface area (Å²) in [7, 11) is 0. The molecule has 0 unspecified atom stereocenters. The Bertz CT molecular complexity index is 1920. The van der Waals surface area contributed by atoms with Gasteiger partial charge in [-0.25, -0.2) is 0 Å². The molecule has 0 bridgehead atoms. The Balaban J connectivity index is 1.53. The van der Waals surface area contributed by atoms with Crippen LogP contribution in [0.4, 0.5) is 17.1 Å². The van der Waals surface area contributed by atoms with Gasteiger partial charge < -0.3 is 9.47 Å². The maximum atomic E-state index is 2.49. The Morgan fingerprint density at radius 1 is 0.487 bits per heavy atom. The van der Waals surface area contributed by atoms with Crippen LogP contribution in [0.15, 0.2) is 152 Å². The minimum Gasteiger partial charge on any atom is -0.311 e. The summed E-state index contributed by atoms with van der Waals surface area (Å²) in [5, 5.41) is 2.60. The van der Waals surface area contributed by atoms with E-state index in [1.54, 1.807) is 0 Å². The van der Waals surface area contributed by atoms with E-state index in [0.29, 0.717) is 0 Å².